The Hall–Kier alpha value is -3.03. The Bertz CT molecular complexity index is 704. The second-order valence-electron chi connectivity index (χ2n) is 4.31. The van der Waals surface area contributed by atoms with Crippen molar-refractivity contribution in [1.29, 1.82) is 0 Å². The first-order valence-electron chi connectivity index (χ1n) is 6.22. The second kappa shape index (κ2) is 6.61. The highest BCUT2D eigenvalue weighted by molar-refractivity contribution is 5.89. The van der Waals surface area contributed by atoms with Crippen LogP contribution in [0.15, 0.2) is 36.5 Å². The van der Waals surface area contributed by atoms with Crippen LogP contribution in [0, 0.1) is 15.9 Å². The second-order valence-corrected chi connectivity index (χ2v) is 4.31. The highest BCUT2D eigenvalue weighted by atomic mass is 19.1. The molecule has 8 heteroatoms. The Labute approximate surface area is 124 Å². The molecule has 1 aromatic heterocycles. The van der Waals surface area contributed by atoms with E-state index in [0.717, 1.165) is 6.20 Å². The average Bonchev–Trinajstić information content (AvgIpc) is 2.53. The zero-order valence-corrected chi connectivity index (χ0v) is 11.6. The fourth-order valence-corrected chi connectivity index (χ4v) is 1.74. The molecule has 2 rings (SSSR count). The van der Waals surface area contributed by atoms with Crippen molar-refractivity contribution in [2.24, 2.45) is 0 Å². The van der Waals surface area contributed by atoms with Gasteiger partial charge in [0, 0.05) is 18.2 Å². The fraction of sp³-hybridized carbons (Fsp3) is 0.143. The Morgan fingerprint density at radius 1 is 1.41 bits per heavy atom. The number of rotatable bonds is 5. The third-order valence-electron chi connectivity index (χ3n) is 2.89. The smallest absolute Gasteiger partial charge is 0.337 e. The van der Waals surface area contributed by atoms with Crippen molar-refractivity contribution in [3.63, 3.8) is 0 Å². The summed E-state index contributed by atoms with van der Waals surface area (Å²) >= 11 is 0. The molecule has 0 unspecified atom stereocenters. The van der Waals surface area contributed by atoms with Crippen LogP contribution in [-0.2, 0) is 11.3 Å². The highest BCUT2D eigenvalue weighted by Crippen LogP contribution is 2.15. The SMILES string of the molecule is COC(=O)c1ccc(F)c(CNc2ccc([N+](=O)[O-])cn2)c1. The molecule has 114 valence electrons. The summed E-state index contributed by atoms with van der Waals surface area (Å²) in [6.07, 6.45) is 1.10. The van der Waals surface area contributed by atoms with E-state index >= 15 is 0 Å². The molecule has 0 aliphatic rings. The number of hydrogen-bond acceptors (Lipinski definition) is 6. The Kier molecular flexibility index (Phi) is 4.62. The van der Waals surface area contributed by atoms with Gasteiger partial charge in [-0.15, -0.1) is 0 Å². The first-order chi connectivity index (χ1) is 10.5. The fourth-order valence-electron chi connectivity index (χ4n) is 1.74. The molecule has 0 amide bonds. The Morgan fingerprint density at radius 2 is 2.18 bits per heavy atom. The number of nitrogens with zero attached hydrogens (tertiary/aromatic N) is 2. The molecule has 2 aromatic rings. The van der Waals surface area contributed by atoms with Crippen LogP contribution >= 0.6 is 0 Å². The van der Waals surface area contributed by atoms with Gasteiger partial charge < -0.3 is 10.1 Å². The van der Waals surface area contributed by atoms with Gasteiger partial charge in [0.2, 0.25) is 0 Å². The van der Waals surface area contributed by atoms with Crippen molar-refractivity contribution in [2.75, 3.05) is 12.4 Å². The number of anilines is 1. The maximum absolute atomic E-state index is 13.7. The molecule has 0 bridgehead atoms. The molecule has 0 atom stereocenters. The summed E-state index contributed by atoms with van der Waals surface area (Å²) in [5.41, 5.74) is 0.352. The number of pyridine rings is 1. The van der Waals surface area contributed by atoms with Crippen LogP contribution in [0.4, 0.5) is 15.9 Å². The van der Waals surface area contributed by atoms with Crippen molar-refractivity contribution in [3.8, 4) is 0 Å². The summed E-state index contributed by atoms with van der Waals surface area (Å²) in [5.74, 6) is -0.690. The lowest BCUT2D eigenvalue weighted by molar-refractivity contribution is -0.385. The van der Waals surface area contributed by atoms with Crippen LogP contribution in [0.2, 0.25) is 0 Å². The Balaban J connectivity index is 2.10. The minimum Gasteiger partial charge on any atom is -0.465 e. The normalized spacial score (nSPS) is 10.1. The van der Waals surface area contributed by atoms with Gasteiger partial charge in [-0.1, -0.05) is 0 Å². The number of ether oxygens (including phenoxy) is 1. The van der Waals surface area contributed by atoms with Crippen molar-refractivity contribution in [3.05, 3.63) is 63.6 Å². The number of nitro groups is 1. The monoisotopic (exact) mass is 305 g/mol. The van der Waals surface area contributed by atoms with Crippen LogP contribution in [0.25, 0.3) is 0 Å². The van der Waals surface area contributed by atoms with Crippen LogP contribution in [-0.4, -0.2) is 23.0 Å². The largest absolute Gasteiger partial charge is 0.465 e. The lowest BCUT2D eigenvalue weighted by Gasteiger charge is -2.08. The zero-order valence-electron chi connectivity index (χ0n) is 11.6. The Morgan fingerprint density at radius 3 is 2.77 bits per heavy atom. The van der Waals surface area contributed by atoms with Gasteiger partial charge in [0.1, 0.15) is 17.8 Å². The molecule has 1 aromatic carbocycles. The number of hydrogen-bond donors (Lipinski definition) is 1. The topological polar surface area (TPSA) is 94.4 Å². The van der Waals surface area contributed by atoms with E-state index in [1.165, 1.54) is 37.4 Å². The van der Waals surface area contributed by atoms with Gasteiger partial charge in [0.25, 0.3) is 5.69 Å². The molecule has 7 nitrogen and oxygen atoms in total. The molecular weight excluding hydrogens is 293 g/mol. The van der Waals surface area contributed by atoms with Crippen molar-refractivity contribution >= 4 is 17.5 Å². The number of carbonyl (C=O) groups excluding carboxylic acids is 1. The number of esters is 1. The average molecular weight is 305 g/mol. The third kappa shape index (κ3) is 3.54. The molecule has 0 spiro atoms. The molecule has 0 saturated heterocycles. The summed E-state index contributed by atoms with van der Waals surface area (Å²) in [4.78, 5) is 25.2. The zero-order chi connectivity index (χ0) is 16.1. The van der Waals surface area contributed by atoms with Crippen molar-refractivity contribution < 1.29 is 18.8 Å². The number of benzene rings is 1. The molecule has 1 N–H and O–H groups in total. The molecule has 22 heavy (non-hydrogen) atoms. The van der Waals surface area contributed by atoms with Gasteiger partial charge in [0.05, 0.1) is 17.6 Å². The number of methoxy groups -OCH3 is 1. The van der Waals surface area contributed by atoms with E-state index in [-0.39, 0.29) is 23.4 Å². The molecule has 0 saturated carbocycles. The van der Waals surface area contributed by atoms with Crippen molar-refractivity contribution in [1.82, 2.24) is 4.98 Å². The highest BCUT2D eigenvalue weighted by Gasteiger charge is 2.10. The van der Waals surface area contributed by atoms with E-state index in [2.05, 4.69) is 15.0 Å². The minimum atomic E-state index is -0.560. The summed E-state index contributed by atoms with van der Waals surface area (Å²) in [7, 11) is 1.24. The van der Waals surface area contributed by atoms with E-state index in [4.69, 9.17) is 0 Å². The molecular formula is C14H12FN3O4. The van der Waals surface area contributed by atoms with Gasteiger partial charge >= 0.3 is 5.97 Å². The molecule has 1 heterocycles. The summed E-state index contributed by atoms with van der Waals surface area (Å²) in [6, 6.07) is 6.58. The molecule has 0 aliphatic carbocycles. The predicted molar refractivity (Wildman–Crippen MR) is 76.0 cm³/mol. The lowest BCUT2D eigenvalue weighted by Crippen LogP contribution is -2.07. The predicted octanol–water partition coefficient (Wildman–Crippen LogP) is 2.53. The van der Waals surface area contributed by atoms with E-state index in [9.17, 15) is 19.3 Å². The summed E-state index contributed by atoms with van der Waals surface area (Å²) in [6.45, 7) is 0.0709. The summed E-state index contributed by atoms with van der Waals surface area (Å²) in [5, 5.41) is 13.3. The maximum atomic E-state index is 13.7. The van der Waals surface area contributed by atoms with Crippen LogP contribution in [0.3, 0.4) is 0 Å². The van der Waals surface area contributed by atoms with Crippen LogP contribution < -0.4 is 5.32 Å². The first-order valence-corrected chi connectivity index (χ1v) is 6.22. The molecule has 0 radical (unpaired) electrons. The van der Waals surface area contributed by atoms with Gasteiger partial charge in [-0.05, 0) is 24.3 Å². The van der Waals surface area contributed by atoms with Gasteiger partial charge in [-0.3, -0.25) is 10.1 Å². The number of halogens is 1. The van der Waals surface area contributed by atoms with Crippen molar-refractivity contribution in [2.45, 2.75) is 6.54 Å². The molecule has 0 aliphatic heterocycles. The molecule has 0 fully saturated rings. The minimum absolute atomic E-state index is 0.0709. The van der Waals surface area contributed by atoms with Gasteiger partial charge in [-0.2, -0.15) is 0 Å². The number of nitrogens with one attached hydrogen (secondary N) is 1. The number of aromatic nitrogens is 1. The van der Waals surface area contributed by atoms with Crippen LogP contribution in [0.5, 0.6) is 0 Å². The van der Waals surface area contributed by atoms with E-state index < -0.39 is 16.7 Å². The maximum Gasteiger partial charge on any atom is 0.337 e. The van der Waals surface area contributed by atoms with Gasteiger partial charge in [0.15, 0.2) is 0 Å². The summed E-state index contributed by atoms with van der Waals surface area (Å²) < 4.78 is 18.3. The first kappa shape index (κ1) is 15.4. The third-order valence-corrected chi connectivity index (χ3v) is 2.89. The van der Waals surface area contributed by atoms with Gasteiger partial charge in [-0.25, -0.2) is 14.2 Å². The standard InChI is InChI=1S/C14H12FN3O4/c1-22-14(19)9-2-4-12(15)10(6-9)7-16-13-5-3-11(8-17-13)18(20)21/h2-6,8H,7H2,1H3,(H,16,17). The van der Waals surface area contributed by atoms with E-state index in [1.54, 1.807) is 0 Å². The van der Waals surface area contributed by atoms with E-state index in [0.29, 0.717) is 5.82 Å². The lowest BCUT2D eigenvalue weighted by atomic mass is 10.1. The quantitative estimate of drug-likeness (QED) is 0.518. The van der Waals surface area contributed by atoms with Crippen LogP contribution in [0.1, 0.15) is 15.9 Å². The number of carbonyl (C=O) groups is 1. The van der Waals surface area contributed by atoms with E-state index in [1.807, 2.05) is 0 Å².